The van der Waals surface area contributed by atoms with E-state index in [0.29, 0.717) is 0 Å². The topological polar surface area (TPSA) is 61.7 Å². The Balaban J connectivity index is 2.84. The molecule has 0 aliphatic carbocycles. The molecule has 1 heterocycles. The molecule has 0 saturated heterocycles. The van der Waals surface area contributed by atoms with Gasteiger partial charge in [0.15, 0.2) is 0 Å². The molecular weight excluding hydrogens is 190 g/mol. The Labute approximate surface area is 78.2 Å². The highest BCUT2D eigenvalue weighted by atomic mass is 19.1. The Morgan fingerprint density at radius 3 is 2.64 bits per heavy atom. The average molecular weight is 194 g/mol. The van der Waals surface area contributed by atoms with Gasteiger partial charge in [0.25, 0.3) is 0 Å². The van der Waals surface area contributed by atoms with E-state index >= 15 is 0 Å². The third kappa shape index (κ3) is 3.09. The maximum absolute atomic E-state index is 12.5. The van der Waals surface area contributed by atoms with Crippen LogP contribution in [0.5, 0.6) is 0 Å². The maximum Gasteiger partial charge on any atom is 0.216 e. The van der Waals surface area contributed by atoms with Crippen LogP contribution in [0, 0.1) is 23.7 Å². The zero-order chi connectivity index (χ0) is 10.4. The number of azide groups is 1. The second-order valence-corrected chi connectivity index (χ2v) is 2.19. The first-order valence-corrected chi connectivity index (χ1v) is 3.55. The van der Waals surface area contributed by atoms with E-state index in [-0.39, 0.29) is 12.1 Å². The molecule has 1 aromatic rings. The summed E-state index contributed by atoms with van der Waals surface area (Å²) in [5.74, 6) is 2.99. The molecule has 0 aromatic carbocycles. The first kappa shape index (κ1) is 9.96. The van der Waals surface area contributed by atoms with E-state index in [1.807, 2.05) is 0 Å². The van der Waals surface area contributed by atoms with Crippen LogP contribution in [-0.4, -0.2) is 11.5 Å². The molecule has 0 saturated carbocycles. The Kier molecular flexibility index (Phi) is 3.41. The highest BCUT2D eigenvalue weighted by molar-refractivity contribution is 5.32. The van der Waals surface area contributed by atoms with Crippen molar-refractivity contribution in [1.29, 1.82) is 0 Å². The minimum atomic E-state index is -0.932. The lowest BCUT2D eigenvalue weighted by Gasteiger charge is -1.90. The summed E-state index contributed by atoms with van der Waals surface area (Å²) in [4.78, 5) is 5.36. The molecule has 0 N–H and O–H groups in total. The van der Waals surface area contributed by atoms with E-state index in [2.05, 4.69) is 26.9 Å². The van der Waals surface area contributed by atoms with Crippen LogP contribution in [0.3, 0.4) is 0 Å². The van der Waals surface area contributed by atoms with Crippen LogP contribution in [-0.2, 0) is 0 Å². The summed E-state index contributed by atoms with van der Waals surface area (Å²) in [6.45, 7) is -0.0396. The summed E-state index contributed by atoms with van der Waals surface area (Å²) in [6, 6.07) is 1.98. The van der Waals surface area contributed by atoms with Gasteiger partial charge in [0.2, 0.25) is 11.9 Å². The molecule has 6 heteroatoms. The lowest BCUT2D eigenvalue weighted by Crippen LogP contribution is -1.89. The molecule has 0 atom stereocenters. The Morgan fingerprint density at radius 1 is 1.43 bits per heavy atom. The molecule has 0 amide bonds. The molecule has 1 aromatic heterocycles. The molecule has 0 fully saturated rings. The van der Waals surface area contributed by atoms with Crippen molar-refractivity contribution in [3.05, 3.63) is 40.0 Å². The third-order valence-corrected chi connectivity index (χ3v) is 1.21. The van der Waals surface area contributed by atoms with Gasteiger partial charge >= 0.3 is 0 Å². The fraction of sp³-hybridized carbons (Fsp3) is 0.125. The molecule has 70 valence electrons. The molecule has 0 aliphatic rings. The van der Waals surface area contributed by atoms with Gasteiger partial charge in [-0.25, -0.2) is 0 Å². The van der Waals surface area contributed by atoms with E-state index in [4.69, 9.17) is 5.53 Å². The molecule has 0 unspecified atom stereocenters. The molecule has 4 nitrogen and oxygen atoms in total. The largest absolute Gasteiger partial charge is 0.216 e. The van der Waals surface area contributed by atoms with E-state index < -0.39 is 11.9 Å². The monoisotopic (exact) mass is 194 g/mol. The smallest absolute Gasteiger partial charge is 0.191 e. The van der Waals surface area contributed by atoms with Crippen molar-refractivity contribution < 1.29 is 8.78 Å². The first-order chi connectivity index (χ1) is 6.72. The van der Waals surface area contributed by atoms with Crippen LogP contribution in [0.4, 0.5) is 8.78 Å². The van der Waals surface area contributed by atoms with Gasteiger partial charge in [0.05, 0.1) is 6.54 Å². The van der Waals surface area contributed by atoms with Gasteiger partial charge in [-0.2, -0.15) is 13.8 Å². The van der Waals surface area contributed by atoms with Crippen molar-refractivity contribution in [2.75, 3.05) is 6.54 Å². The zero-order valence-corrected chi connectivity index (χ0v) is 6.91. The van der Waals surface area contributed by atoms with Crippen molar-refractivity contribution in [3.63, 3.8) is 0 Å². The SMILES string of the molecule is [N-]=[N+]=NCC#Cc1cc(F)nc(F)c1. The van der Waals surface area contributed by atoms with Crippen LogP contribution < -0.4 is 0 Å². The van der Waals surface area contributed by atoms with Gasteiger partial charge in [0, 0.05) is 22.6 Å². The lowest BCUT2D eigenvalue weighted by molar-refractivity contribution is 0.512. The number of hydrogen-bond acceptors (Lipinski definition) is 2. The standard InChI is InChI=1S/C8H4F2N4/c9-7-4-6(5-8(10)13-7)2-1-3-12-14-11/h4-5H,3H2. The minimum absolute atomic E-state index is 0.0396. The first-order valence-electron chi connectivity index (χ1n) is 3.55. The summed E-state index contributed by atoms with van der Waals surface area (Å²) in [5.41, 5.74) is 8.07. The number of pyridine rings is 1. The maximum atomic E-state index is 12.5. The quantitative estimate of drug-likeness (QED) is 0.222. The van der Waals surface area contributed by atoms with Gasteiger partial charge in [-0.1, -0.05) is 17.0 Å². The van der Waals surface area contributed by atoms with E-state index in [9.17, 15) is 8.78 Å². The molecule has 0 radical (unpaired) electrons. The fourth-order valence-electron chi connectivity index (χ4n) is 0.746. The van der Waals surface area contributed by atoms with Crippen molar-refractivity contribution in [2.24, 2.45) is 5.11 Å². The summed E-state index contributed by atoms with van der Waals surface area (Å²) in [5, 5.41) is 3.14. The van der Waals surface area contributed by atoms with Crippen molar-refractivity contribution in [1.82, 2.24) is 4.98 Å². The zero-order valence-electron chi connectivity index (χ0n) is 6.91. The van der Waals surface area contributed by atoms with Crippen molar-refractivity contribution in [3.8, 4) is 11.8 Å². The summed E-state index contributed by atoms with van der Waals surface area (Å²) in [7, 11) is 0. The number of halogens is 2. The van der Waals surface area contributed by atoms with Gasteiger partial charge in [-0.05, 0) is 5.53 Å². The number of aromatic nitrogens is 1. The van der Waals surface area contributed by atoms with Gasteiger partial charge in [-0.15, -0.1) is 0 Å². The average Bonchev–Trinajstić information content (AvgIpc) is 2.11. The molecule has 1 rings (SSSR count). The summed E-state index contributed by atoms with van der Waals surface area (Å²) < 4.78 is 25.0. The Hall–Kier alpha value is -2.12. The van der Waals surface area contributed by atoms with Crippen LogP contribution >= 0.6 is 0 Å². The molecule has 14 heavy (non-hydrogen) atoms. The van der Waals surface area contributed by atoms with E-state index in [1.54, 1.807) is 0 Å². The second kappa shape index (κ2) is 4.80. The van der Waals surface area contributed by atoms with Crippen LogP contribution in [0.2, 0.25) is 0 Å². The predicted octanol–water partition coefficient (Wildman–Crippen LogP) is 2.02. The Bertz CT molecular complexity index is 420. The fourth-order valence-corrected chi connectivity index (χ4v) is 0.746. The number of rotatable bonds is 1. The predicted molar refractivity (Wildman–Crippen MR) is 45.0 cm³/mol. The minimum Gasteiger partial charge on any atom is -0.191 e. The third-order valence-electron chi connectivity index (χ3n) is 1.21. The molecule has 0 aliphatic heterocycles. The molecule has 0 spiro atoms. The van der Waals surface area contributed by atoms with Gasteiger partial charge < -0.3 is 0 Å². The van der Waals surface area contributed by atoms with Gasteiger partial charge in [-0.3, -0.25) is 0 Å². The summed E-state index contributed by atoms with van der Waals surface area (Å²) in [6.07, 6.45) is 0. The van der Waals surface area contributed by atoms with E-state index in [0.717, 1.165) is 12.1 Å². The second-order valence-electron chi connectivity index (χ2n) is 2.19. The van der Waals surface area contributed by atoms with Crippen LogP contribution in [0.1, 0.15) is 5.56 Å². The highest BCUT2D eigenvalue weighted by Gasteiger charge is 1.98. The normalized spacial score (nSPS) is 8.43. The Morgan fingerprint density at radius 2 is 2.07 bits per heavy atom. The van der Waals surface area contributed by atoms with Crippen LogP contribution in [0.15, 0.2) is 17.2 Å². The molecule has 0 bridgehead atoms. The van der Waals surface area contributed by atoms with Gasteiger partial charge in [0.1, 0.15) is 0 Å². The van der Waals surface area contributed by atoms with E-state index in [1.165, 1.54) is 0 Å². The highest BCUT2D eigenvalue weighted by Crippen LogP contribution is 2.01. The summed E-state index contributed by atoms with van der Waals surface area (Å²) >= 11 is 0. The van der Waals surface area contributed by atoms with Crippen molar-refractivity contribution >= 4 is 0 Å². The van der Waals surface area contributed by atoms with Crippen molar-refractivity contribution in [2.45, 2.75) is 0 Å². The molecular formula is C8H4F2N4. The van der Waals surface area contributed by atoms with Crippen LogP contribution in [0.25, 0.3) is 10.4 Å². The number of nitrogens with zero attached hydrogens (tertiary/aromatic N) is 4. The number of hydrogen-bond donors (Lipinski definition) is 0. The lowest BCUT2D eigenvalue weighted by atomic mass is 10.3.